The number of aromatic nitrogens is 6. The van der Waals surface area contributed by atoms with Gasteiger partial charge in [0.1, 0.15) is 0 Å². The van der Waals surface area contributed by atoms with Crippen molar-refractivity contribution < 1.29 is 0 Å². The van der Waals surface area contributed by atoms with Gasteiger partial charge in [-0.3, -0.25) is 13.9 Å². The van der Waals surface area contributed by atoms with E-state index in [1.807, 2.05) is 18.2 Å². The van der Waals surface area contributed by atoms with Crippen molar-refractivity contribution in [1.82, 2.24) is 28.2 Å². The molecule has 3 heterocycles. The molecule has 0 spiro atoms. The summed E-state index contributed by atoms with van der Waals surface area (Å²) < 4.78 is 6.62. The van der Waals surface area contributed by atoms with Gasteiger partial charge in [0.25, 0.3) is 5.56 Å². The van der Waals surface area contributed by atoms with Crippen LogP contribution < -0.4 is 11.2 Å². The first-order chi connectivity index (χ1) is 13.9. The number of nitrogens with zero attached hydrogens (tertiary/aromatic N) is 6. The zero-order valence-electron chi connectivity index (χ0n) is 17.0. The van der Waals surface area contributed by atoms with E-state index in [9.17, 15) is 9.59 Å². The van der Waals surface area contributed by atoms with E-state index in [-0.39, 0.29) is 11.2 Å². The first-order valence-corrected chi connectivity index (χ1v) is 10.6. The molecule has 1 aromatic carbocycles. The van der Waals surface area contributed by atoms with E-state index in [2.05, 4.69) is 29.5 Å². The lowest BCUT2D eigenvalue weighted by Crippen LogP contribution is -2.39. The lowest BCUT2D eigenvalue weighted by Gasteiger charge is -2.12. The van der Waals surface area contributed by atoms with E-state index in [1.54, 1.807) is 36.8 Å². The monoisotopic (exact) mass is 412 g/mol. The zero-order valence-corrected chi connectivity index (χ0v) is 17.8. The smallest absolute Gasteiger partial charge is 0.328 e. The molecule has 0 radical (unpaired) electrons. The van der Waals surface area contributed by atoms with Crippen molar-refractivity contribution in [3.05, 3.63) is 51.4 Å². The third-order valence-corrected chi connectivity index (χ3v) is 6.08. The molecule has 0 N–H and O–H groups in total. The van der Waals surface area contributed by atoms with Gasteiger partial charge < -0.3 is 9.13 Å². The van der Waals surface area contributed by atoms with E-state index in [0.29, 0.717) is 30.2 Å². The maximum Gasteiger partial charge on any atom is 0.332 e. The highest BCUT2D eigenvalue weighted by Gasteiger charge is 2.16. The third kappa shape index (κ3) is 3.29. The molecular weight excluding hydrogens is 388 g/mol. The van der Waals surface area contributed by atoms with Gasteiger partial charge in [-0.05, 0) is 32.4 Å². The summed E-state index contributed by atoms with van der Waals surface area (Å²) in [6, 6.07) is 8.41. The molecule has 29 heavy (non-hydrogen) atoms. The van der Waals surface area contributed by atoms with Gasteiger partial charge in [-0.1, -0.05) is 23.9 Å². The molecule has 0 atom stereocenters. The fourth-order valence-electron chi connectivity index (χ4n) is 3.60. The number of hydrogen-bond acceptors (Lipinski definition) is 5. The van der Waals surface area contributed by atoms with Crippen molar-refractivity contribution in [3.8, 4) is 0 Å². The maximum atomic E-state index is 12.8. The quantitative estimate of drug-likeness (QED) is 0.359. The minimum absolute atomic E-state index is 0.289. The zero-order chi connectivity index (χ0) is 20.7. The van der Waals surface area contributed by atoms with Gasteiger partial charge in [0.15, 0.2) is 16.3 Å². The van der Waals surface area contributed by atoms with Gasteiger partial charge >= 0.3 is 5.69 Å². The minimum atomic E-state index is -0.333. The number of para-hydroxylation sites is 2. The second-order valence-electron chi connectivity index (χ2n) is 7.37. The van der Waals surface area contributed by atoms with E-state index < -0.39 is 0 Å². The van der Waals surface area contributed by atoms with Gasteiger partial charge in [0.05, 0.1) is 17.4 Å². The molecule has 0 aliphatic heterocycles. The molecule has 4 rings (SSSR count). The molecule has 0 saturated heterocycles. The molecule has 0 fully saturated rings. The van der Waals surface area contributed by atoms with Crippen molar-refractivity contribution in [2.24, 2.45) is 14.1 Å². The van der Waals surface area contributed by atoms with Crippen molar-refractivity contribution in [2.45, 2.75) is 38.0 Å². The third-order valence-electron chi connectivity index (χ3n) is 5.04. The topological polar surface area (TPSA) is 79.6 Å². The largest absolute Gasteiger partial charge is 0.332 e. The summed E-state index contributed by atoms with van der Waals surface area (Å²) >= 11 is 1.65. The molecule has 0 unspecified atom stereocenters. The van der Waals surface area contributed by atoms with Crippen LogP contribution in [0.4, 0.5) is 0 Å². The molecule has 0 bridgehead atoms. The van der Waals surface area contributed by atoms with Crippen LogP contribution in [0.1, 0.15) is 26.3 Å². The van der Waals surface area contributed by atoms with Crippen molar-refractivity contribution >= 4 is 34.0 Å². The average Bonchev–Trinajstić information content (AvgIpc) is 3.26. The molecule has 3 aromatic heterocycles. The van der Waals surface area contributed by atoms with Crippen LogP contribution >= 0.6 is 11.8 Å². The number of benzene rings is 1. The summed E-state index contributed by atoms with van der Waals surface area (Å²) in [7, 11) is 3.41. The van der Waals surface area contributed by atoms with Gasteiger partial charge in [0.2, 0.25) is 0 Å². The number of hydrogen-bond donors (Lipinski definition) is 0. The van der Waals surface area contributed by atoms with Gasteiger partial charge in [-0.15, -0.1) is 0 Å². The molecule has 0 aliphatic rings. The summed E-state index contributed by atoms with van der Waals surface area (Å²) in [6.07, 6.45) is 2.24. The number of thioether (sulfide) groups is 1. The lowest BCUT2D eigenvalue weighted by molar-refractivity contribution is 0.565. The van der Waals surface area contributed by atoms with Crippen LogP contribution in [0, 0.1) is 0 Å². The van der Waals surface area contributed by atoms with Gasteiger partial charge in [0, 0.05) is 32.4 Å². The number of fused-ring (bicyclic) bond motifs is 2. The second-order valence-corrected chi connectivity index (χ2v) is 8.44. The van der Waals surface area contributed by atoms with E-state index in [4.69, 9.17) is 4.98 Å². The Morgan fingerprint density at radius 1 is 1.14 bits per heavy atom. The highest BCUT2D eigenvalue weighted by atomic mass is 32.2. The molecule has 0 amide bonds. The van der Waals surface area contributed by atoms with Gasteiger partial charge in [-0.25, -0.2) is 14.8 Å². The molecule has 0 aliphatic carbocycles. The van der Waals surface area contributed by atoms with Crippen LogP contribution in [0.3, 0.4) is 0 Å². The molecule has 4 aromatic rings. The fraction of sp³-hybridized carbons (Fsp3) is 0.400. The Kier molecular flexibility index (Phi) is 5.08. The Labute approximate surface area is 171 Å². The van der Waals surface area contributed by atoms with Crippen LogP contribution in [-0.4, -0.2) is 34.0 Å². The predicted molar refractivity (Wildman–Crippen MR) is 116 cm³/mol. The first kappa shape index (κ1) is 19.5. The normalized spacial score (nSPS) is 11.9. The lowest BCUT2D eigenvalue weighted by atomic mass is 10.3. The highest BCUT2D eigenvalue weighted by Crippen LogP contribution is 2.28. The van der Waals surface area contributed by atoms with E-state index in [1.165, 1.54) is 9.13 Å². The molecule has 9 heteroatoms. The standard InChI is InChI=1S/C20H24N6O2S/c1-13(2)26-15-9-6-5-8-14(15)22-19(26)29-11-7-10-25-18(27)16-17(21-12-23(16)3)24(4)20(25)28/h5-6,8-9,12-13H,7,10-11H2,1-4H3. The second kappa shape index (κ2) is 7.55. The Balaban J connectivity index is 1.55. The van der Waals surface area contributed by atoms with E-state index in [0.717, 1.165) is 21.9 Å². The Bertz CT molecular complexity index is 1310. The first-order valence-electron chi connectivity index (χ1n) is 9.60. The molecular formula is C20H24N6O2S. The Hall–Kier alpha value is -2.81. The summed E-state index contributed by atoms with van der Waals surface area (Å²) in [5.41, 5.74) is 2.34. The van der Waals surface area contributed by atoms with Crippen LogP contribution in [0.15, 0.2) is 45.3 Å². The van der Waals surface area contributed by atoms with Crippen LogP contribution in [0.2, 0.25) is 0 Å². The average molecular weight is 413 g/mol. The fourth-order valence-corrected chi connectivity index (χ4v) is 4.67. The van der Waals surface area contributed by atoms with Crippen LogP contribution in [0.5, 0.6) is 0 Å². The Morgan fingerprint density at radius 3 is 2.66 bits per heavy atom. The Morgan fingerprint density at radius 2 is 1.90 bits per heavy atom. The maximum absolute atomic E-state index is 12.8. The van der Waals surface area contributed by atoms with Crippen molar-refractivity contribution in [2.75, 3.05) is 5.75 Å². The SMILES string of the molecule is CC(C)n1c(SCCCn2c(=O)c3c(ncn3C)n(C)c2=O)nc2ccccc21. The minimum Gasteiger partial charge on any atom is -0.328 e. The summed E-state index contributed by atoms with van der Waals surface area (Å²) in [5.74, 6) is 0.759. The molecule has 0 saturated carbocycles. The van der Waals surface area contributed by atoms with E-state index >= 15 is 0 Å². The predicted octanol–water partition coefficient (Wildman–Crippen LogP) is 2.55. The summed E-state index contributed by atoms with van der Waals surface area (Å²) in [6.45, 7) is 4.65. The summed E-state index contributed by atoms with van der Waals surface area (Å²) in [4.78, 5) is 34.3. The molecule has 152 valence electrons. The number of rotatable bonds is 6. The molecule has 8 nitrogen and oxygen atoms in total. The van der Waals surface area contributed by atoms with Crippen LogP contribution in [-0.2, 0) is 20.6 Å². The van der Waals surface area contributed by atoms with Gasteiger partial charge in [-0.2, -0.15) is 0 Å². The van der Waals surface area contributed by atoms with Crippen molar-refractivity contribution in [3.63, 3.8) is 0 Å². The highest BCUT2D eigenvalue weighted by molar-refractivity contribution is 7.99. The number of aryl methyl sites for hydroxylation is 2. The van der Waals surface area contributed by atoms with Crippen LogP contribution in [0.25, 0.3) is 22.2 Å². The van der Waals surface area contributed by atoms with Crippen molar-refractivity contribution in [1.29, 1.82) is 0 Å². The number of imidazole rings is 2. The summed E-state index contributed by atoms with van der Waals surface area (Å²) in [5, 5.41) is 0.962.